The summed E-state index contributed by atoms with van der Waals surface area (Å²) in [6.07, 6.45) is 9.92. The third-order valence-electron chi connectivity index (χ3n) is 3.81. The van der Waals surface area contributed by atoms with Crippen LogP contribution in [0.25, 0.3) is 0 Å². The van der Waals surface area contributed by atoms with Crippen LogP contribution in [0.2, 0.25) is 0 Å². The van der Waals surface area contributed by atoms with Gasteiger partial charge in [0.2, 0.25) is 0 Å². The van der Waals surface area contributed by atoms with Crippen molar-refractivity contribution in [1.82, 2.24) is 10.2 Å². The van der Waals surface area contributed by atoms with E-state index in [4.69, 9.17) is 5.84 Å². The number of hydrazone groups is 1. The monoisotopic (exact) mass is 288 g/mol. The summed E-state index contributed by atoms with van der Waals surface area (Å²) in [6.45, 7) is 8.85. The summed E-state index contributed by atoms with van der Waals surface area (Å²) in [5.41, 5.74) is 3.63. The molecular weight excluding hydrogens is 260 g/mol. The predicted octanol–water partition coefficient (Wildman–Crippen LogP) is 4.06. The highest BCUT2D eigenvalue weighted by molar-refractivity contribution is 5.95. The van der Waals surface area contributed by atoms with Gasteiger partial charge in [-0.3, -0.25) is 0 Å². The number of nitrogens with zero attached hydrogens (tertiary/aromatic N) is 3. The number of allylic oxidation sites excluding steroid dienone is 2. The molecule has 0 aliphatic carbocycles. The normalized spacial score (nSPS) is 14.5. The summed E-state index contributed by atoms with van der Waals surface area (Å²) < 4.78 is 0. The van der Waals surface area contributed by atoms with E-state index in [9.17, 15) is 0 Å². The van der Waals surface area contributed by atoms with Crippen LogP contribution in [-0.2, 0) is 0 Å². The molecule has 0 bridgehead atoms. The van der Waals surface area contributed by atoms with Crippen molar-refractivity contribution in [1.29, 1.82) is 0 Å². The van der Waals surface area contributed by atoms with Gasteiger partial charge < -0.3 is 5.84 Å². The molecule has 0 amide bonds. The van der Waals surface area contributed by atoms with Gasteiger partial charge in [0.15, 0.2) is 0 Å². The van der Waals surface area contributed by atoms with Crippen molar-refractivity contribution in [3.63, 3.8) is 0 Å². The Morgan fingerprint density at radius 2 is 2.05 bits per heavy atom. The minimum absolute atomic E-state index is 0.430. The van der Waals surface area contributed by atoms with E-state index in [0.29, 0.717) is 11.8 Å². The minimum Gasteiger partial charge on any atom is -0.323 e. The Hall–Kier alpha value is -1.71. The molecule has 0 spiro atoms. The molecule has 0 aliphatic heterocycles. The first kappa shape index (κ1) is 17.3. The standard InChI is InChI=1S/C17H28N4/c1-5-6-15(13(2)3)11-17(21-18)8-7-14(4)16-9-10-19-20-12-16/h9-14H,5-8,18H2,1-4H3/b15-11+,21-17-. The SMILES string of the molecule is CCC/C(=C\C(CCC(C)c1ccnnc1)=N/N)C(C)C. The number of hydrogen-bond donors (Lipinski definition) is 1. The quantitative estimate of drug-likeness (QED) is 0.446. The Morgan fingerprint density at radius 3 is 2.57 bits per heavy atom. The zero-order valence-corrected chi connectivity index (χ0v) is 13.7. The minimum atomic E-state index is 0.430. The first-order valence-corrected chi connectivity index (χ1v) is 7.82. The maximum Gasteiger partial charge on any atom is 0.0600 e. The van der Waals surface area contributed by atoms with Crippen LogP contribution in [0.15, 0.2) is 35.2 Å². The summed E-state index contributed by atoms with van der Waals surface area (Å²) in [4.78, 5) is 0. The fourth-order valence-electron chi connectivity index (χ4n) is 2.33. The first-order valence-electron chi connectivity index (χ1n) is 7.82. The molecule has 1 heterocycles. The van der Waals surface area contributed by atoms with Crippen molar-refractivity contribution >= 4 is 5.71 Å². The van der Waals surface area contributed by atoms with Crippen LogP contribution in [0.3, 0.4) is 0 Å². The van der Waals surface area contributed by atoms with Gasteiger partial charge in [-0.25, -0.2) is 0 Å². The van der Waals surface area contributed by atoms with Gasteiger partial charge >= 0.3 is 0 Å². The maximum absolute atomic E-state index is 5.56. The summed E-state index contributed by atoms with van der Waals surface area (Å²) in [5.74, 6) is 6.54. The number of hydrogen-bond acceptors (Lipinski definition) is 4. The van der Waals surface area contributed by atoms with Gasteiger partial charge in [-0.1, -0.05) is 39.7 Å². The van der Waals surface area contributed by atoms with Gasteiger partial charge in [0.05, 0.1) is 11.9 Å². The number of nitrogens with two attached hydrogens (primary N) is 1. The average molecular weight is 288 g/mol. The molecule has 1 aromatic heterocycles. The van der Waals surface area contributed by atoms with Gasteiger partial charge in [-0.15, -0.1) is 0 Å². The topological polar surface area (TPSA) is 64.2 Å². The van der Waals surface area contributed by atoms with Gasteiger partial charge in [-0.2, -0.15) is 15.3 Å². The third kappa shape index (κ3) is 6.06. The van der Waals surface area contributed by atoms with Gasteiger partial charge in [0.25, 0.3) is 0 Å². The Labute approximate surface area is 128 Å². The molecule has 0 saturated carbocycles. The molecule has 4 heteroatoms. The Kier molecular flexibility index (Phi) is 7.65. The zero-order chi connectivity index (χ0) is 15.7. The van der Waals surface area contributed by atoms with Crippen molar-refractivity contribution in [2.45, 2.75) is 59.3 Å². The molecule has 1 unspecified atom stereocenters. The van der Waals surface area contributed by atoms with Crippen LogP contribution in [0.5, 0.6) is 0 Å². The molecule has 1 rings (SSSR count). The lowest BCUT2D eigenvalue weighted by atomic mass is 9.93. The summed E-state index contributed by atoms with van der Waals surface area (Å²) in [7, 11) is 0. The molecular formula is C17H28N4. The summed E-state index contributed by atoms with van der Waals surface area (Å²) >= 11 is 0. The molecule has 21 heavy (non-hydrogen) atoms. The molecule has 4 nitrogen and oxygen atoms in total. The van der Waals surface area contributed by atoms with Crippen molar-refractivity contribution in [3.8, 4) is 0 Å². The predicted molar refractivity (Wildman–Crippen MR) is 89.1 cm³/mol. The Balaban J connectivity index is 2.65. The molecule has 0 saturated heterocycles. The van der Waals surface area contributed by atoms with Crippen LogP contribution < -0.4 is 5.84 Å². The van der Waals surface area contributed by atoms with Gasteiger partial charge in [-0.05, 0) is 48.8 Å². The Bertz CT molecular complexity index is 463. The van der Waals surface area contributed by atoms with Crippen LogP contribution >= 0.6 is 0 Å². The second-order valence-corrected chi connectivity index (χ2v) is 5.86. The lowest BCUT2D eigenvalue weighted by Crippen LogP contribution is -2.06. The number of rotatable bonds is 8. The molecule has 1 aromatic rings. The highest BCUT2D eigenvalue weighted by atomic mass is 15.1. The van der Waals surface area contributed by atoms with E-state index >= 15 is 0 Å². The summed E-state index contributed by atoms with van der Waals surface area (Å²) in [5, 5.41) is 11.7. The lowest BCUT2D eigenvalue weighted by Gasteiger charge is -2.13. The largest absolute Gasteiger partial charge is 0.323 e. The van der Waals surface area contributed by atoms with Gasteiger partial charge in [0.1, 0.15) is 0 Å². The highest BCUT2D eigenvalue weighted by Gasteiger charge is 2.09. The fraction of sp³-hybridized carbons (Fsp3) is 0.588. The highest BCUT2D eigenvalue weighted by Crippen LogP contribution is 2.21. The van der Waals surface area contributed by atoms with Crippen LogP contribution in [0.4, 0.5) is 0 Å². The van der Waals surface area contributed by atoms with Crippen LogP contribution in [0.1, 0.15) is 64.9 Å². The van der Waals surface area contributed by atoms with E-state index < -0.39 is 0 Å². The van der Waals surface area contributed by atoms with E-state index in [-0.39, 0.29) is 0 Å². The summed E-state index contributed by atoms with van der Waals surface area (Å²) in [6, 6.07) is 2.02. The molecule has 1 atom stereocenters. The van der Waals surface area contributed by atoms with Crippen LogP contribution in [0, 0.1) is 5.92 Å². The third-order valence-corrected chi connectivity index (χ3v) is 3.81. The smallest absolute Gasteiger partial charge is 0.0600 e. The van der Waals surface area contributed by atoms with Crippen molar-refractivity contribution in [2.75, 3.05) is 0 Å². The second kappa shape index (κ2) is 9.27. The molecule has 0 aromatic carbocycles. The lowest BCUT2D eigenvalue weighted by molar-refractivity contribution is 0.689. The van der Waals surface area contributed by atoms with Crippen molar-refractivity contribution in [3.05, 3.63) is 35.7 Å². The molecule has 116 valence electrons. The maximum atomic E-state index is 5.56. The Morgan fingerprint density at radius 1 is 1.29 bits per heavy atom. The van der Waals surface area contributed by atoms with Crippen LogP contribution in [-0.4, -0.2) is 15.9 Å². The van der Waals surface area contributed by atoms with E-state index in [2.05, 4.69) is 49.1 Å². The zero-order valence-electron chi connectivity index (χ0n) is 13.7. The molecule has 0 aliphatic rings. The molecule has 0 fully saturated rings. The molecule has 2 N–H and O–H groups in total. The average Bonchev–Trinajstić information content (AvgIpc) is 2.50. The van der Waals surface area contributed by atoms with E-state index in [0.717, 1.165) is 31.4 Å². The van der Waals surface area contributed by atoms with Gasteiger partial charge in [0, 0.05) is 6.20 Å². The number of aromatic nitrogens is 2. The van der Waals surface area contributed by atoms with Crippen molar-refractivity contribution < 1.29 is 0 Å². The van der Waals surface area contributed by atoms with E-state index in [1.807, 2.05) is 12.3 Å². The van der Waals surface area contributed by atoms with E-state index in [1.54, 1.807) is 6.20 Å². The van der Waals surface area contributed by atoms with Crippen molar-refractivity contribution in [2.24, 2.45) is 16.9 Å². The van der Waals surface area contributed by atoms with E-state index in [1.165, 1.54) is 11.1 Å². The fourth-order valence-corrected chi connectivity index (χ4v) is 2.33. The molecule has 0 radical (unpaired) electrons. The first-order chi connectivity index (χ1) is 10.1. The second-order valence-electron chi connectivity index (χ2n) is 5.86.